The molecule has 0 aliphatic rings. The zero-order valence-corrected chi connectivity index (χ0v) is 18.8. The van der Waals surface area contributed by atoms with Crippen LogP contribution in [0.3, 0.4) is 0 Å². The molecule has 31 heavy (non-hydrogen) atoms. The molecule has 0 fully saturated rings. The molecule has 9 nitrogen and oxygen atoms in total. The highest BCUT2D eigenvalue weighted by atomic mass is 79.9. The third-order valence-corrected chi connectivity index (χ3v) is 4.62. The molecule has 0 saturated carbocycles. The largest absolute Gasteiger partial charge is 0.326 e. The van der Waals surface area contributed by atoms with Gasteiger partial charge >= 0.3 is 0 Å². The summed E-state index contributed by atoms with van der Waals surface area (Å²) in [6.07, 6.45) is 0. The third-order valence-electron chi connectivity index (χ3n) is 4.09. The van der Waals surface area contributed by atoms with Crippen molar-refractivity contribution in [1.29, 1.82) is 0 Å². The van der Waals surface area contributed by atoms with Crippen LogP contribution in [0.4, 0.5) is 11.4 Å². The topological polar surface area (TPSA) is 120 Å². The number of carbonyl (C=O) groups is 4. The molecule has 10 heteroatoms. The van der Waals surface area contributed by atoms with Gasteiger partial charge in [-0.05, 0) is 55.1 Å². The minimum Gasteiger partial charge on any atom is -0.326 e. The Balaban J connectivity index is 1.78. The van der Waals surface area contributed by atoms with Crippen LogP contribution in [0.5, 0.6) is 0 Å². The molecule has 0 aromatic heterocycles. The van der Waals surface area contributed by atoms with E-state index in [1.807, 2.05) is 6.92 Å². The summed E-state index contributed by atoms with van der Waals surface area (Å²) in [7, 11) is 0. The number of hydrazine groups is 1. The van der Waals surface area contributed by atoms with Crippen molar-refractivity contribution in [2.75, 3.05) is 30.3 Å². The summed E-state index contributed by atoms with van der Waals surface area (Å²) < 4.78 is 0.841. The SMILES string of the molecule is CCN(CC(=O)NNC(=O)c1ccc(Br)cc1)CC(=O)Nc1ccc(NC(C)=O)cc1. The molecular formula is C21H24BrN5O4. The molecule has 0 spiro atoms. The number of likely N-dealkylation sites (N-methyl/N-ethyl adjacent to an activating group) is 1. The molecule has 2 rings (SSSR count). The Morgan fingerprint density at radius 1 is 0.806 bits per heavy atom. The molecule has 2 aromatic carbocycles. The number of hydrogen-bond donors (Lipinski definition) is 4. The van der Waals surface area contributed by atoms with Crippen LogP contribution in [-0.4, -0.2) is 48.2 Å². The van der Waals surface area contributed by atoms with Crippen molar-refractivity contribution in [1.82, 2.24) is 15.8 Å². The van der Waals surface area contributed by atoms with Crippen LogP contribution in [0.1, 0.15) is 24.2 Å². The van der Waals surface area contributed by atoms with Crippen LogP contribution in [0, 0.1) is 0 Å². The summed E-state index contributed by atoms with van der Waals surface area (Å²) in [4.78, 5) is 49.1. The maximum atomic E-state index is 12.3. The van der Waals surface area contributed by atoms with Crippen molar-refractivity contribution in [3.8, 4) is 0 Å². The second kappa shape index (κ2) is 11.8. The van der Waals surface area contributed by atoms with E-state index in [1.165, 1.54) is 6.92 Å². The summed E-state index contributed by atoms with van der Waals surface area (Å²) in [6, 6.07) is 13.4. The van der Waals surface area contributed by atoms with Gasteiger partial charge in [-0.2, -0.15) is 0 Å². The normalized spacial score (nSPS) is 10.3. The highest BCUT2D eigenvalue weighted by Gasteiger charge is 2.14. The molecule has 0 aliphatic carbocycles. The van der Waals surface area contributed by atoms with Gasteiger partial charge in [-0.15, -0.1) is 0 Å². The zero-order chi connectivity index (χ0) is 22.8. The summed E-state index contributed by atoms with van der Waals surface area (Å²) >= 11 is 3.29. The van der Waals surface area contributed by atoms with Gasteiger partial charge in [-0.25, -0.2) is 0 Å². The lowest BCUT2D eigenvalue weighted by molar-refractivity contribution is -0.124. The number of anilines is 2. The van der Waals surface area contributed by atoms with Crippen molar-refractivity contribution in [3.63, 3.8) is 0 Å². The lowest BCUT2D eigenvalue weighted by Crippen LogP contribution is -2.47. The average molecular weight is 490 g/mol. The van der Waals surface area contributed by atoms with Gasteiger partial charge in [0.2, 0.25) is 11.8 Å². The Hall–Kier alpha value is -3.24. The molecule has 164 valence electrons. The van der Waals surface area contributed by atoms with Gasteiger partial charge in [0.25, 0.3) is 11.8 Å². The van der Waals surface area contributed by atoms with E-state index in [0.29, 0.717) is 23.5 Å². The maximum absolute atomic E-state index is 12.3. The van der Waals surface area contributed by atoms with E-state index in [1.54, 1.807) is 53.4 Å². The van der Waals surface area contributed by atoms with Gasteiger partial charge in [0.15, 0.2) is 0 Å². The molecular weight excluding hydrogens is 466 g/mol. The molecule has 0 radical (unpaired) electrons. The van der Waals surface area contributed by atoms with Gasteiger partial charge in [-0.3, -0.25) is 34.9 Å². The van der Waals surface area contributed by atoms with Crippen LogP contribution >= 0.6 is 15.9 Å². The molecule has 2 aromatic rings. The number of benzene rings is 2. The molecule has 0 heterocycles. The summed E-state index contributed by atoms with van der Waals surface area (Å²) in [5.41, 5.74) is 6.30. The highest BCUT2D eigenvalue weighted by molar-refractivity contribution is 9.10. The van der Waals surface area contributed by atoms with Crippen molar-refractivity contribution in [2.24, 2.45) is 0 Å². The fourth-order valence-electron chi connectivity index (χ4n) is 2.57. The number of halogens is 1. The maximum Gasteiger partial charge on any atom is 0.269 e. The zero-order valence-electron chi connectivity index (χ0n) is 17.2. The summed E-state index contributed by atoms with van der Waals surface area (Å²) in [5.74, 6) is -1.35. The lowest BCUT2D eigenvalue weighted by atomic mass is 10.2. The van der Waals surface area contributed by atoms with E-state index in [4.69, 9.17) is 0 Å². The Labute approximate surface area is 188 Å². The Kier molecular flexibility index (Phi) is 9.16. The van der Waals surface area contributed by atoms with E-state index in [9.17, 15) is 19.2 Å². The number of nitrogens with zero attached hydrogens (tertiary/aromatic N) is 1. The van der Waals surface area contributed by atoms with Crippen molar-refractivity contribution in [2.45, 2.75) is 13.8 Å². The van der Waals surface area contributed by atoms with Crippen LogP contribution in [0.15, 0.2) is 53.0 Å². The molecule has 0 saturated heterocycles. The average Bonchev–Trinajstić information content (AvgIpc) is 2.73. The Morgan fingerprint density at radius 2 is 1.35 bits per heavy atom. The van der Waals surface area contributed by atoms with Gasteiger partial charge in [0, 0.05) is 28.3 Å². The van der Waals surface area contributed by atoms with Gasteiger partial charge in [-0.1, -0.05) is 22.9 Å². The first kappa shape index (κ1) is 24.0. The minimum atomic E-state index is -0.445. The quantitative estimate of drug-likeness (QED) is 0.423. The molecule has 4 amide bonds. The first-order chi connectivity index (χ1) is 14.8. The standard InChI is InChI=1S/C21H24BrN5O4/c1-3-27(12-19(29)24-18-10-8-17(9-11-18)23-14(2)28)13-20(30)25-26-21(31)15-4-6-16(22)7-5-15/h4-11H,3,12-13H2,1-2H3,(H,23,28)(H,24,29)(H,25,30)(H,26,31). The van der Waals surface area contributed by atoms with E-state index in [2.05, 4.69) is 37.4 Å². The van der Waals surface area contributed by atoms with E-state index >= 15 is 0 Å². The van der Waals surface area contributed by atoms with E-state index < -0.39 is 11.8 Å². The van der Waals surface area contributed by atoms with Gasteiger partial charge < -0.3 is 10.6 Å². The fourth-order valence-corrected chi connectivity index (χ4v) is 2.83. The second-order valence-electron chi connectivity index (χ2n) is 6.62. The Bertz CT molecular complexity index is 932. The first-order valence-electron chi connectivity index (χ1n) is 9.51. The van der Waals surface area contributed by atoms with Crippen LogP contribution < -0.4 is 21.5 Å². The smallest absolute Gasteiger partial charge is 0.269 e. The summed E-state index contributed by atoms with van der Waals surface area (Å²) in [6.45, 7) is 3.63. The number of hydrogen-bond acceptors (Lipinski definition) is 5. The monoisotopic (exact) mass is 489 g/mol. The molecule has 0 aliphatic heterocycles. The lowest BCUT2D eigenvalue weighted by Gasteiger charge is -2.19. The van der Waals surface area contributed by atoms with Crippen molar-refractivity contribution < 1.29 is 19.2 Å². The van der Waals surface area contributed by atoms with Crippen molar-refractivity contribution in [3.05, 3.63) is 58.6 Å². The Morgan fingerprint density at radius 3 is 1.90 bits per heavy atom. The second-order valence-corrected chi connectivity index (χ2v) is 7.53. The highest BCUT2D eigenvalue weighted by Crippen LogP contribution is 2.13. The number of carbonyl (C=O) groups excluding carboxylic acids is 4. The third kappa shape index (κ3) is 8.57. The predicted molar refractivity (Wildman–Crippen MR) is 121 cm³/mol. The predicted octanol–water partition coefficient (Wildman–Crippen LogP) is 2.13. The number of amides is 4. The first-order valence-corrected chi connectivity index (χ1v) is 10.3. The van der Waals surface area contributed by atoms with Gasteiger partial charge in [0.05, 0.1) is 13.1 Å². The van der Waals surface area contributed by atoms with E-state index in [0.717, 1.165) is 4.47 Å². The molecule has 4 N–H and O–H groups in total. The minimum absolute atomic E-state index is 0.00196. The van der Waals surface area contributed by atoms with Crippen LogP contribution in [-0.2, 0) is 14.4 Å². The van der Waals surface area contributed by atoms with Crippen molar-refractivity contribution >= 4 is 50.9 Å². The van der Waals surface area contributed by atoms with Crippen LogP contribution in [0.2, 0.25) is 0 Å². The summed E-state index contributed by atoms with van der Waals surface area (Å²) in [5, 5.41) is 5.38. The fraction of sp³-hybridized carbons (Fsp3) is 0.238. The van der Waals surface area contributed by atoms with E-state index in [-0.39, 0.29) is 24.9 Å². The molecule has 0 atom stereocenters. The number of nitrogens with one attached hydrogen (secondary N) is 4. The molecule has 0 unspecified atom stereocenters. The molecule has 0 bridgehead atoms. The van der Waals surface area contributed by atoms with Gasteiger partial charge in [0.1, 0.15) is 0 Å². The van der Waals surface area contributed by atoms with Crippen LogP contribution in [0.25, 0.3) is 0 Å². The number of rotatable bonds is 8.